The molecule has 7 nitrogen and oxygen atoms in total. The number of anilines is 1. The Morgan fingerprint density at radius 3 is 2.80 bits per heavy atom. The van der Waals surface area contributed by atoms with Crippen LogP contribution in [-0.2, 0) is 11.3 Å². The number of amides is 1. The van der Waals surface area contributed by atoms with Crippen LogP contribution in [-0.4, -0.2) is 35.1 Å². The van der Waals surface area contributed by atoms with Gasteiger partial charge in [-0.2, -0.15) is 4.98 Å². The highest BCUT2D eigenvalue weighted by Crippen LogP contribution is 2.36. The molecule has 1 aromatic carbocycles. The number of benzene rings is 1. The van der Waals surface area contributed by atoms with Crippen LogP contribution in [0.3, 0.4) is 0 Å². The molecule has 3 aromatic heterocycles. The van der Waals surface area contributed by atoms with Crippen molar-refractivity contribution < 1.29 is 18.7 Å². The van der Waals surface area contributed by atoms with Crippen LogP contribution < -0.4 is 10.1 Å². The average molecular weight is 445 g/mol. The summed E-state index contributed by atoms with van der Waals surface area (Å²) in [6.45, 7) is 2.07. The summed E-state index contributed by atoms with van der Waals surface area (Å²) >= 11 is 2.53. The number of carbonyl (C=O) groups is 1. The maximum atomic E-state index is 13.5. The van der Waals surface area contributed by atoms with Crippen molar-refractivity contribution in [3.8, 4) is 17.1 Å². The number of hydrogen-bond acceptors (Lipinski definition) is 8. The summed E-state index contributed by atoms with van der Waals surface area (Å²) in [4.78, 5) is 27.3. The summed E-state index contributed by atoms with van der Waals surface area (Å²) in [6, 6.07) is 6.16. The highest BCUT2D eigenvalue weighted by atomic mass is 32.1. The lowest BCUT2D eigenvalue weighted by Gasteiger charge is -2.05. The molecule has 30 heavy (non-hydrogen) atoms. The highest BCUT2D eigenvalue weighted by molar-refractivity contribution is 7.21. The van der Waals surface area contributed by atoms with E-state index in [0.29, 0.717) is 43.2 Å². The van der Waals surface area contributed by atoms with E-state index in [1.54, 1.807) is 24.6 Å². The Morgan fingerprint density at radius 2 is 2.07 bits per heavy atom. The van der Waals surface area contributed by atoms with Crippen LogP contribution in [0.5, 0.6) is 5.88 Å². The van der Waals surface area contributed by atoms with Crippen LogP contribution in [0.1, 0.15) is 21.1 Å². The van der Waals surface area contributed by atoms with E-state index < -0.39 is 0 Å². The molecule has 154 valence electrons. The van der Waals surface area contributed by atoms with Crippen molar-refractivity contribution in [1.29, 1.82) is 0 Å². The fraction of sp³-hybridized carbons (Fsp3) is 0.200. The maximum Gasteiger partial charge on any atom is 0.267 e. The van der Waals surface area contributed by atoms with E-state index in [4.69, 9.17) is 9.47 Å². The number of rotatable bonds is 6. The highest BCUT2D eigenvalue weighted by Gasteiger charge is 2.22. The molecule has 1 amide bonds. The van der Waals surface area contributed by atoms with Gasteiger partial charge in [-0.15, -0.1) is 22.7 Å². The number of halogens is 1. The third-order valence-corrected chi connectivity index (χ3v) is 6.26. The first-order valence-corrected chi connectivity index (χ1v) is 10.6. The Labute approximate surface area is 179 Å². The van der Waals surface area contributed by atoms with E-state index in [9.17, 15) is 9.18 Å². The summed E-state index contributed by atoms with van der Waals surface area (Å²) in [6.07, 6.45) is 0. The quantitative estimate of drug-likeness (QED) is 0.465. The van der Waals surface area contributed by atoms with E-state index >= 15 is 0 Å². The van der Waals surface area contributed by atoms with E-state index in [0.717, 1.165) is 5.56 Å². The molecule has 0 saturated carbocycles. The summed E-state index contributed by atoms with van der Waals surface area (Å²) in [7, 11) is 3.09. The van der Waals surface area contributed by atoms with Gasteiger partial charge in [-0.3, -0.25) is 10.1 Å². The number of fused-ring (bicyclic) bond motifs is 1. The Kier molecular flexibility index (Phi) is 5.71. The molecule has 1 N–H and O–H groups in total. The summed E-state index contributed by atoms with van der Waals surface area (Å²) in [5, 5.41) is 5.71. The monoisotopic (exact) mass is 444 g/mol. The van der Waals surface area contributed by atoms with Crippen LogP contribution in [0.25, 0.3) is 21.5 Å². The lowest BCUT2D eigenvalue weighted by atomic mass is 10.2. The number of ether oxygens (including phenoxy) is 2. The molecular formula is C20H17FN4O3S2. The lowest BCUT2D eigenvalue weighted by molar-refractivity contribution is 0.103. The van der Waals surface area contributed by atoms with E-state index in [1.807, 2.05) is 6.92 Å². The zero-order valence-electron chi connectivity index (χ0n) is 16.4. The lowest BCUT2D eigenvalue weighted by Crippen LogP contribution is -2.11. The number of hydrogen-bond donors (Lipinski definition) is 1. The smallest absolute Gasteiger partial charge is 0.267 e. The molecule has 0 atom stereocenters. The first kappa shape index (κ1) is 20.3. The van der Waals surface area contributed by atoms with Gasteiger partial charge >= 0.3 is 0 Å². The summed E-state index contributed by atoms with van der Waals surface area (Å²) in [5.41, 5.74) is 1.98. The van der Waals surface area contributed by atoms with Crippen LogP contribution >= 0.6 is 22.7 Å². The van der Waals surface area contributed by atoms with Crippen molar-refractivity contribution >= 4 is 43.9 Å². The zero-order chi connectivity index (χ0) is 21.3. The summed E-state index contributed by atoms with van der Waals surface area (Å²) in [5.74, 6) is 0.248. The van der Waals surface area contributed by atoms with Gasteiger partial charge in [-0.25, -0.2) is 14.4 Å². The molecule has 4 rings (SSSR count). The number of aromatic nitrogens is 3. The van der Waals surface area contributed by atoms with Crippen molar-refractivity contribution in [2.45, 2.75) is 13.5 Å². The number of nitrogens with zero attached hydrogens (tertiary/aromatic N) is 3. The van der Waals surface area contributed by atoms with Gasteiger partial charge in [0.1, 0.15) is 17.3 Å². The molecule has 0 aliphatic carbocycles. The Morgan fingerprint density at radius 1 is 1.23 bits per heavy atom. The number of thiazole rings is 1. The number of carbonyl (C=O) groups excluding carboxylic acids is 1. The minimum absolute atomic E-state index is 0.243. The SMILES string of the molecule is COCc1nc(OC)c2c(C)c(C(=O)Nc3nc(-c4cccc(F)c4)cs3)sc2n1. The molecule has 3 heterocycles. The van der Waals surface area contributed by atoms with Gasteiger partial charge in [0, 0.05) is 18.1 Å². The topological polar surface area (TPSA) is 86.2 Å². The molecule has 0 aliphatic heterocycles. The molecule has 0 aliphatic rings. The molecular weight excluding hydrogens is 427 g/mol. The minimum Gasteiger partial charge on any atom is -0.480 e. The van der Waals surface area contributed by atoms with Crippen molar-refractivity contribution in [2.75, 3.05) is 19.5 Å². The average Bonchev–Trinajstić information content (AvgIpc) is 3.32. The van der Waals surface area contributed by atoms with E-state index in [2.05, 4.69) is 20.3 Å². The standard InChI is InChI=1S/C20H17FN4O3S2/c1-10-15-18(28-3)23-14(8-27-2)24-19(15)30-16(10)17(26)25-20-22-13(9-29-20)11-5-4-6-12(21)7-11/h4-7,9H,8H2,1-3H3,(H,22,25,26). The second-order valence-corrected chi connectivity index (χ2v) is 8.18. The fourth-order valence-corrected chi connectivity index (χ4v) is 4.77. The van der Waals surface area contributed by atoms with Gasteiger partial charge in [-0.1, -0.05) is 12.1 Å². The first-order valence-electron chi connectivity index (χ1n) is 8.86. The predicted molar refractivity (Wildman–Crippen MR) is 115 cm³/mol. The van der Waals surface area contributed by atoms with Gasteiger partial charge in [0.25, 0.3) is 5.91 Å². The van der Waals surface area contributed by atoms with Crippen molar-refractivity contribution in [3.05, 3.63) is 51.7 Å². The summed E-state index contributed by atoms with van der Waals surface area (Å²) < 4.78 is 24.0. The second-order valence-electron chi connectivity index (χ2n) is 6.32. The number of thiophene rings is 1. The van der Waals surface area contributed by atoms with Crippen molar-refractivity contribution in [1.82, 2.24) is 15.0 Å². The third-order valence-electron chi connectivity index (χ3n) is 4.32. The third kappa shape index (κ3) is 3.89. The molecule has 4 aromatic rings. The van der Waals surface area contributed by atoms with Crippen molar-refractivity contribution in [3.63, 3.8) is 0 Å². The molecule has 0 saturated heterocycles. The van der Waals surface area contributed by atoms with Crippen LogP contribution in [0.4, 0.5) is 9.52 Å². The molecule has 0 bridgehead atoms. The molecule has 10 heteroatoms. The largest absolute Gasteiger partial charge is 0.480 e. The zero-order valence-corrected chi connectivity index (χ0v) is 18.0. The van der Waals surface area contributed by atoms with E-state index in [-0.39, 0.29) is 18.3 Å². The van der Waals surface area contributed by atoms with Crippen LogP contribution in [0.15, 0.2) is 29.6 Å². The minimum atomic E-state index is -0.338. The van der Waals surface area contributed by atoms with Crippen LogP contribution in [0, 0.1) is 12.7 Å². The molecule has 0 unspecified atom stereocenters. The fourth-order valence-electron chi connectivity index (χ4n) is 2.97. The number of methoxy groups -OCH3 is 2. The Balaban J connectivity index is 1.63. The normalized spacial score (nSPS) is 11.1. The van der Waals surface area contributed by atoms with Crippen molar-refractivity contribution in [2.24, 2.45) is 0 Å². The predicted octanol–water partition coefficient (Wildman–Crippen LogP) is 4.67. The second kappa shape index (κ2) is 8.42. The Hall–Kier alpha value is -2.95. The maximum absolute atomic E-state index is 13.5. The number of nitrogens with one attached hydrogen (secondary N) is 1. The molecule has 0 spiro atoms. The van der Waals surface area contributed by atoms with Gasteiger partial charge in [0.2, 0.25) is 5.88 Å². The van der Waals surface area contributed by atoms with Crippen LogP contribution in [0.2, 0.25) is 0 Å². The Bertz CT molecular complexity index is 1240. The van der Waals surface area contributed by atoms with E-state index in [1.165, 1.54) is 41.9 Å². The van der Waals surface area contributed by atoms with Gasteiger partial charge < -0.3 is 9.47 Å². The van der Waals surface area contributed by atoms with Gasteiger partial charge in [0.05, 0.1) is 23.1 Å². The first-order chi connectivity index (χ1) is 14.5. The number of aryl methyl sites for hydroxylation is 1. The van der Waals surface area contributed by atoms with Gasteiger partial charge in [-0.05, 0) is 24.6 Å². The molecule has 0 fully saturated rings. The van der Waals surface area contributed by atoms with Gasteiger partial charge in [0.15, 0.2) is 11.0 Å². The molecule has 0 radical (unpaired) electrons.